The number of hydrogen-bond acceptors (Lipinski definition) is 4. The van der Waals surface area contributed by atoms with Gasteiger partial charge in [-0.1, -0.05) is 54.6 Å². The van der Waals surface area contributed by atoms with Gasteiger partial charge in [-0.3, -0.25) is 0 Å². The summed E-state index contributed by atoms with van der Waals surface area (Å²) < 4.78 is 18.2. The Kier molecular flexibility index (Phi) is 8.38. The lowest BCUT2D eigenvalue weighted by atomic mass is 10.2. The second-order valence-corrected chi connectivity index (χ2v) is 9.91. The van der Waals surface area contributed by atoms with Crippen LogP contribution in [0, 0.1) is 6.92 Å². The van der Waals surface area contributed by atoms with E-state index in [-0.39, 0.29) is 13.0 Å². The van der Waals surface area contributed by atoms with E-state index < -0.39 is 28.6 Å². The Hall–Kier alpha value is -2.44. The molecule has 2 atom stereocenters. The van der Waals surface area contributed by atoms with Crippen LogP contribution in [0.2, 0.25) is 0 Å². The normalized spacial score (nSPS) is 13.4. The lowest BCUT2D eigenvalue weighted by Gasteiger charge is -2.29. The summed E-state index contributed by atoms with van der Waals surface area (Å²) in [6.07, 6.45) is -1.30. The molecule has 0 fully saturated rings. The van der Waals surface area contributed by atoms with Crippen LogP contribution in [-0.4, -0.2) is 38.6 Å². The summed E-state index contributed by atoms with van der Waals surface area (Å²) >= 11 is 0. The van der Waals surface area contributed by atoms with Crippen LogP contribution in [-0.2, 0) is 22.1 Å². The Morgan fingerprint density at radius 1 is 1.13 bits per heavy atom. The number of carbonyl (C=O) groups excluding carboxylic acids is 1. The van der Waals surface area contributed by atoms with Gasteiger partial charge in [-0.05, 0) is 45.4 Å². The predicted octanol–water partition coefficient (Wildman–Crippen LogP) is 4.80. The minimum atomic E-state index is -1.43. The van der Waals surface area contributed by atoms with Crippen molar-refractivity contribution in [3.63, 3.8) is 0 Å². The van der Waals surface area contributed by atoms with E-state index in [1.54, 1.807) is 32.9 Å². The van der Waals surface area contributed by atoms with Crippen LogP contribution in [0.15, 0.2) is 71.0 Å². The number of nitrogens with zero attached hydrogens (tertiary/aromatic N) is 1. The first-order valence-electron chi connectivity index (χ1n) is 9.91. The van der Waals surface area contributed by atoms with Crippen molar-refractivity contribution in [2.24, 2.45) is 0 Å². The zero-order valence-corrected chi connectivity index (χ0v) is 18.9. The molecule has 0 aliphatic heterocycles. The van der Waals surface area contributed by atoms with Crippen molar-refractivity contribution in [2.75, 3.05) is 6.54 Å². The number of aliphatic hydroxyl groups excluding tert-OH is 1. The summed E-state index contributed by atoms with van der Waals surface area (Å²) in [5.41, 5.74) is 1.36. The number of aryl methyl sites for hydroxylation is 1. The molecule has 0 heterocycles. The van der Waals surface area contributed by atoms with Gasteiger partial charge in [-0.2, -0.15) is 0 Å². The molecule has 1 amide bonds. The number of benzene rings is 2. The fraction of sp³-hybridized carbons (Fsp3) is 0.375. The van der Waals surface area contributed by atoms with E-state index in [4.69, 9.17) is 4.74 Å². The van der Waals surface area contributed by atoms with Crippen molar-refractivity contribution < 1.29 is 18.8 Å². The molecule has 0 aliphatic carbocycles. The molecule has 1 N–H and O–H groups in total. The number of carbonyl (C=O) groups is 1. The predicted molar refractivity (Wildman–Crippen MR) is 120 cm³/mol. The summed E-state index contributed by atoms with van der Waals surface area (Å²) in [5, 5.41) is 10.6. The van der Waals surface area contributed by atoms with Gasteiger partial charge in [-0.25, -0.2) is 9.00 Å². The van der Waals surface area contributed by atoms with E-state index in [1.165, 1.54) is 4.90 Å². The summed E-state index contributed by atoms with van der Waals surface area (Å²) in [6, 6.07) is 16.9. The monoisotopic (exact) mass is 429 g/mol. The highest BCUT2D eigenvalue weighted by atomic mass is 32.2. The smallest absolute Gasteiger partial charge is 0.410 e. The Morgan fingerprint density at radius 3 is 2.30 bits per heavy atom. The molecule has 0 aromatic heterocycles. The number of rotatable bonds is 8. The van der Waals surface area contributed by atoms with E-state index in [0.29, 0.717) is 16.3 Å². The van der Waals surface area contributed by atoms with Crippen molar-refractivity contribution >= 4 is 16.9 Å². The van der Waals surface area contributed by atoms with Gasteiger partial charge < -0.3 is 14.7 Å². The zero-order chi connectivity index (χ0) is 22.3. The Balaban J connectivity index is 2.05. The number of amides is 1. The summed E-state index contributed by atoms with van der Waals surface area (Å²) in [7, 11) is -1.43. The van der Waals surface area contributed by atoms with Crippen molar-refractivity contribution in [3.05, 3.63) is 77.2 Å². The van der Waals surface area contributed by atoms with Gasteiger partial charge in [0.2, 0.25) is 0 Å². The molecule has 0 spiro atoms. The van der Waals surface area contributed by atoms with E-state index in [2.05, 4.69) is 6.58 Å². The average Bonchev–Trinajstić information content (AvgIpc) is 2.67. The third kappa shape index (κ3) is 7.76. The quantitative estimate of drug-likeness (QED) is 0.654. The maximum absolute atomic E-state index is 12.7. The minimum Gasteiger partial charge on any atom is -0.444 e. The van der Waals surface area contributed by atoms with E-state index in [9.17, 15) is 14.1 Å². The van der Waals surface area contributed by atoms with E-state index in [1.807, 2.05) is 49.4 Å². The first kappa shape index (κ1) is 23.8. The molecular weight excluding hydrogens is 398 g/mol. The van der Waals surface area contributed by atoms with Crippen LogP contribution in [0.3, 0.4) is 0 Å². The molecule has 2 aromatic rings. The number of ether oxygens (including phenoxy) is 1. The van der Waals surface area contributed by atoms with Crippen LogP contribution in [0.1, 0.15) is 38.3 Å². The maximum atomic E-state index is 12.7. The van der Waals surface area contributed by atoms with Gasteiger partial charge in [0.05, 0.1) is 23.4 Å². The lowest BCUT2D eigenvalue weighted by Crippen LogP contribution is -2.40. The molecule has 162 valence electrons. The third-order valence-corrected chi connectivity index (χ3v) is 5.65. The van der Waals surface area contributed by atoms with Gasteiger partial charge in [0, 0.05) is 22.8 Å². The summed E-state index contributed by atoms with van der Waals surface area (Å²) in [5.74, 6) is 0. The average molecular weight is 430 g/mol. The van der Waals surface area contributed by atoms with E-state index in [0.717, 1.165) is 11.1 Å². The maximum Gasteiger partial charge on any atom is 0.410 e. The third-order valence-electron chi connectivity index (χ3n) is 4.26. The fourth-order valence-electron chi connectivity index (χ4n) is 2.82. The van der Waals surface area contributed by atoms with Gasteiger partial charge >= 0.3 is 6.09 Å². The van der Waals surface area contributed by atoms with Crippen molar-refractivity contribution in [2.45, 2.75) is 57.3 Å². The molecule has 6 heteroatoms. The van der Waals surface area contributed by atoms with Crippen molar-refractivity contribution in [3.8, 4) is 0 Å². The molecule has 0 saturated carbocycles. The summed E-state index contributed by atoms with van der Waals surface area (Å²) in [6.45, 7) is 11.6. The number of aliphatic hydroxyl groups is 1. The molecule has 0 unspecified atom stereocenters. The highest BCUT2D eigenvalue weighted by molar-refractivity contribution is 7.89. The Labute approximate surface area is 181 Å². The largest absolute Gasteiger partial charge is 0.444 e. The Morgan fingerprint density at radius 2 is 1.73 bits per heavy atom. The number of hydrogen-bond donors (Lipinski definition) is 1. The van der Waals surface area contributed by atoms with Crippen LogP contribution in [0.5, 0.6) is 0 Å². The van der Waals surface area contributed by atoms with Crippen molar-refractivity contribution in [1.82, 2.24) is 4.90 Å². The second-order valence-electron chi connectivity index (χ2n) is 8.32. The summed E-state index contributed by atoms with van der Waals surface area (Å²) in [4.78, 5) is 15.2. The lowest BCUT2D eigenvalue weighted by molar-refractivity contribution is 0.0128. The standard InChI is InChI=1S/C24H31NO4S/c1-18-11-13-22(14-12-18)30(28)19(2)15-21(26)17-25(23(27)29-24(3,4)5)16-20-9-7-6-8-10-20/h6-14,21,26H,2,15-17H2,1,3-5H3/t21-,30-/m1/s1. The SMILES string of the molecule is C=C(C[C@@H](O)CN(Cc1ccccc1)C(=O)OC(C)(C)C)[S@@](=O)c1ccc(C)cc1. The molecule has 0 aliphatic rings. The van der Waals surface area contributed by atoms with Gasteiger partial charge in [0.15, 0.2) is 0 Å². The topological polar surface area (TPSA) is 66.8 Å². The van der Waals surface area contributed by atoms with Crippen molar-refractivity contribution in [1.29, 1.82) is 0 Å². The molecule has 30 heavy (non-hydrogen) atoms. The first-order valence-corrected chi connectivity index (χ1v) is 11.1. The molecule has 5 nitrogen and oxygen atoms in total. The highest BCUT2D eigenvalue weighted by Gasteiger charge is 2.25. The van der Waals surface area contributed by atoms with Crippen LogP contribution in [0.25, 0.3) is 0 Å². The fourth-order valence-corrected chi connectivity index (χ4v) is 3.88. The molecule has 2 aromatic carbocycles. The molecule has 0 bridgehead atoms. The van der Waals surface area contributed by atoms with Gasteiger partial charge in [0.1, 0.15) is 5.60 Å². The van der Waals surface area contributed by atoms with E-state index >= 15 is 0 Å². The van der Waals surface area contributed by atoms with Crippen LogP contribution >= 0.6 is 0 Å². The first-order chi connectivity index (χ1) is 14.0. The molecular formula is C24H31NO4S. The second kappa shape index (κ2) is 10.5. The van der Waals surface area contributed by atoms with Crippen LogP contribution < -0.4 is 0 Å². The zero-order valence-electron chi connectivity index (χ0n) is 18.1. The van der Waals surface area contributed by atoms with Gasteiger partial charge in [-0.15, -0.1) is 0 Å². The van der Waals surface area contributed by atoms with Gasteiger partial charge in [0.25, 0.3) is 0 Å². The molecule has 2 rings (SSSR count). The highest BCUT2D eigenvalue weighted by Crippen LogP contribution is 2.20. The van der Waals surface area contributed by atoms with Crippen LogP contribution in [0.4, 0.5) is 4.79 Å². The Bertz CT molecular complexity index is 872. The minimum absolute atomic E-state index is 0.0495. The molecule has 0 radical (unpaired) electrons. The molecule has 0 saturated heterocycles.